The van der Waals surface area contributed by atoms with Crippen molar-refractivity contribution in [3.8, 4) is 11.1 Å². The van der Waals surface area contributed by atoms with Crippen LogP contribution in [0, 0.1) is 0 Å². The van der Waals surface area contributed by atoms with Gasteiger partial charge in [-0.15, -0.1) is 0 Å². The summed E-state index contributed by atoms with van der Waals surface area (Å²) in [6, 6.07) is 12.9. The van der Waals surface area contributed by atoms with E-state index in [0.717, 1.165) is 54.2 Å². The van der Waals surface area contributed by atoms with Crippen molar-refractivity contribution in [2.45, 2.75) is 38.7 Å². The Balaban J connectivity index is 1.50. The number of likely N-dealkylation sites (tertiary alicyclic amines) is 1. The number of aliphatic hydroxyl groups is 1. The van der Waals surface area contributed by atoms with Crippen LogP contribution in [-0.2, 0) is 25.9 Å². The van der Waals surface area contributed by atoms with Gasteiger partial charge in [0, 0.05) is 19.3 Å². The molecule has 1 aromatic heterocycles. The van der Waals surface area contributed by atoms with Crippen LogP contribution in [0.15, 0.2) is 54.7 Å². The molecule has 158 valence electrons. The molecule has 1 aliphatic rings. The topological polar surface area (TPSA) is 41.3 Å². The molecule has 0 bridgehead atoms. The fourth-order valence-corrected chi connectivity index (χ4v) is 3.91. The van der Waals surface area contributed by atoms with Crippen molar-refractivity contribution in [2.24, 2.45) is 0 Å². The highest BCUT2D eigenvalue weighted by Crippen LogP contribution is 2.31. The molecule has 1 saturated heterocycles. The Hall–Kier alpha value is -2.64. The Labute approximate surface area is 173 Å². The third-order valence-electron chi connectivity index (χ3n) is 5.59. The molecule has 0 unspecified atom stereocenters. The molecule has 0 saturated carbocycles. The SMILES string of the molecule is OCc1ncc(CN2CCCC2)n1Cc1ccc(-c2ccc(C(F)(F)F)cc2)cc1. The summed E-state index contributed by atoms with van der Waals surface area (Å²) in [5.74, 6) is 0.635. The Morgan fingerprint density at radius 2 is 1.47 bits per heavy atom. The van der Waals surface area contributed by atoms with Crippen LogP contribution < -0.4 is 0 Å². The fourth-order valence-electron chi connectivity index (χ4n) is 3.91. The lowest BCUT2D eigenvalue weighted by molar-refractivity contribution is -0.137. The van der Waals surface area contributed by atoms with E-state index in [2.05, 4.69) is 9.88 Å². The quantitative estimate of drug-likeness (QED) is 0.634. The largest absolute Gasteiger partial charge is 0.416 e. The summed E-state index contributed by atoms with van der Waals surface area (Å²) < 4.78 is 40.3. The van der Waals surface area contributed by atoms with Crippen molar-refractivity contribution in [1.29, 1.82) is 0 Å². The van der Waals surface area contributed by atoms with Gasteiger partial charge in [0.15, 0.2) is 0 Å². The maximum absolute atomic E-state index is 12.7. The number of alkyl halides is 3. The van der Waals surface area contributed by atoms with Gasteiger partial charge in [0.2, 0.25) is 0 Å². The summed E-state index contributed by atoms with van der Waals surface area (Å²) in [4.78, 5) is 6.75. The highest BCUT2D eigenvalue weighted by Gasteiger charge is 2.29. The molecule has 30 heavy (non-hydrogen) atoms. The van der Waals surface area contributed by atoms with Gasteiger partial charge in [-0.2, -0.15) is 13.2 Å². The zero-order valence-electron chi connectivity index (χ0n) is 16.6. The number of aliphatic hydroxyl groups excluding tert-OH is 1. The standard InChI is InChI=1S/C23H24F3N3O/c24-23(25,26)20-9-7-19(8-10-20)18-5-3-17(4-6-18)14-29-21(13-27-22(29)16-30)15-28-11-1-2-12-28/h3-10,13,30H,1-2,11-12,14-16H2. The maximum Gasteiger partial charge on any atom is 0.416 e. The first-order valence-corrected chi connectivity index (χ1v) is 10.1. The number of hydrogen-bond acceptors (Lipinski definition) is 3. The van der Waals surface area contributed by atoms with Gasteiger partial charge < -0.3 is 9.67 Å². The summed E-state index contributed by atoms with van der Waals surface area (Å²) in [6.07, 6.45) is -0.0658. The summed E-state index contributed by atoms with van der Waals surface area (Å²) in [5, 5.41) is 9.67. The predicted octanol–water partition coefficient (Wildman–Crippen LogP) is 4.71. The molecule has 0 spiro atoms. The van der Waals surface area contributed by atoms with Crippen LogP contribution in [0.25, 0.3) is 11.1 Å². The molecule has 4 nitrogen and oxygen atoms in total. The minimum Gasteiger partial charge on any atom is -0.388 e. The molecular formula is C23H24F3N3O. The van der Waals surface area contributed by atoms with Gasteiger partial charge in [0.05, 0.1) is 11.3 Å². The number of hydrogen-bond donors (Lipinski definition) is 1. The number of rotatable bonds is 6. The second-order valence-electron chi connectivity index (χ2n) is 7.67. The van der Waals surface area contributed by atoms with Crippen LogP contribution >= 0.6 is 0 Å². The van der Waals surface area contributed by atoms with Gasteiger partial charge in [0.25, 0.3) is 0 Å². The monoisotopic (exact) mass is 415 g/mol. The Bertz CT molecular complexity index is 972. The first-order chi connectivity index (χ1) is 14.4. The zero-order valence-corrected chi connectivity index (χ0v) is 16.6. The smallest absolute Gasteiger partial charge is 0.388 e. The van der Waals surface area contributed by atoms with Crippen LogP contribution in [0.2, 0.25) is 0 Å². The Kier molecular flexibility index (Phi) is 5.92. The molecule has 1 N–H and O–H groups in total. The molecule has 0 amide bonds. The highest BCUT2D eigenvalue weighted by atomic mass is 19.4. The summed E-state index contributed by atoms with van der Waals surface area (Å²) in [7, 11) is 0. The summed E-state index contributed by atoms with van der Waals surface area (Å²) >= 11 is 0. The van der Waals surface area contributed by atoms with E-state index in [9.17, 15) is 18.3 Å². The van der Waals surface area contributed by atoms with Gasteiger partial charge in [-0.25, -0.2) is 4.98 Å². The molecule has 1 aliphatic heterocycles. The fraction of sp³-hybridized carbons (Fsp3) is 0.348. The third kappa shape index (κ3) is 4.57. The normalized spacial score (nSPS) is 15.1. The maximum atomic E-state index is 12.7. The van der Waals surface area contributed by atoms with E-state index in [1.165, 1.54) is 25.0 Å². The minimum atomic E-state index is -4.33. The van der Waals surface area contributed by atoms with Gasteiger partial charge in [0.1, 0.15) is 12.4 Å². The molecule has 0 aliphatic carbocycles. The van der Waals surface area contributed by atoms with E-state index < -0.39 is 11.7 Å². The molecular weight excluding hydrogens is 391 g/mol. The number of halogens is 3. The summed E-state index contributed by atoms with van der Waals surface area (Å²) in [5.41, 5.74) is 3.07. The number of benzene rings is 2. The average Bonchev–Trinajstić information content (AvgIpc) is 3.39. The predicted molar refractivity (Wildman–Crippen MR) is 109 cm³/mol. The van der Waals surface area contributed by atoms with Crippen LogP contribution in [0.1, 0.15) is 35.5 Å². The van der Waals surface area contributed by atoms with Crippen molar-refractivity contribution in [1.82, 2.24) is 14.5 Å². The van der Waals surface area contributed by atoms with E-state index in [4.69, 9.17) is 0 Å². The lowest BCUT2D eigenvalue weighted by atomic mass is 10.0. The Morgan fingerprint density at radius 3 is 2.03 bits per heavy atom. The number of imidazole rings is 1. The van der Waals surface area contributed by atoms with Crippen LogP contribution in [0.3, 0.4) is 0 Å². The second kappa shape index (κ2) is 8.62. The molecule has 0 atom stereocenters. The molecule has 3 aromatic rings. The molecule has 0 radical (unpaired) electrons. The van der Waals surface area contributed by atoms with Gasteiger partial charge in [-0.1, -0.05) is 36.4 Å². The van der Waals surface area contributed by atoms with E-state index in [1.54, 1.807) is 0 Å². The second-order valence-corrected chi connectivity index (χ2v) is 7.67. The van der Waals surface area contributed by atoms with Crippen molar-refractivity contribution < 1.29 is 18.3 Å². The van der Waals surface area contributed by atoms with E-state index in [1.807, 2.05) is 35.0 Å². The lowest BCUT2D eigenvalue weighted by Gasteiger charge is -2.17. The molecule has 1 fully saturated rings. The number of nitrogens with zero attached hydrogens (tertiary/aromatic N) is 3. The van der Waals surface area contributed by atoms with Crippen LogP contribution in [0.4, 0.5) is 13.2 Å². The van der Waals surface area contributed by atoms with E-state index in [-0.39, 0.29) is 6.61 Å². The van der Waals surface area contributed by atoms with Gasteiger partial charge in [-0.3, -0.25) is 4.90 Å². The first kappa shape index (κ1) is 20.6. The highest BCUT2D eigenvalue weighted by molar-refractivity contribution is 5.64. The molecule has 2 aromatic carbocycles. The molecule has 7 heteroatoms. The van der Waals surface area contributed by atoms with Crippen molar-refractivity contribution in [3.05, 3.63) is 77.4 Å². The van der Waals surface area contributed by atoms with E-state index in [0.29, 0.717) is 12.4 Å². The van der Waals surface area contributed by atoms with Crippen LogP contribution in [0.5, 0.6) is 0 Å². The summed E-state index contributed by atoms with van der Waals surface area (Å²) in [6.45, 7) is 3.45. The number of aromatic nitrogens is 2. The minimum absolute atomic E-state index is 0.121. The lowest BCUT2D eigenvalue weighted by Crippen LogP contribution is -2.21. The van der Waals surface area contributed by atoms with Gasteiger partial charge >= 0.3 is 6.18 Å². The van der Waals surface area contributed by atoms with Crippen molar-refractivity contribution >= 4 is 0 Å². The third-order valence-corrected chi connectivity index (χ3v) is 5.59. The first-order valence-electron chi connectivity index (χ1n) is 10.1. The van der Waals surface area contributed by atoms with Crippen molar-refractivity contribution in [2.75, 3.05) is 13.1 Å². The zero-order chi connectivity index (χ0) is 21.1. The van der Waals surface area contributed by atoms with E-state index >= 15 is 0 Å². The van der Waals surface area contributed by atoms with Gasteiger partial charge in [-0.05, 0) is 54.8 Å². The Morgan fingerprint density at radius 1 is 0.867 bits per heavy atom. The van der Waals surface area contributed by atoms with Crippen LogP contribution in [-0.4, -0.2) is 32.6 Å². The molecule has 4 rings (SSSR count). The van der Waals surface area contributed by atoms with Crippen molar-refractivity contribution in [3.63, 3.8) is 0 Å². The molecule has 2 heterocycles. The average molecular weight is 415 g/mol.